The Morgan fingerprint density at radius 3 is 1.62 bits per heavy atom. The van der Waals surface area contributed by atoms with Gasteiger partial charge in [0.05, 0.1) is 50.1 Å². The summed E-state index contributed by atoms with van der Waals surface area (Å²) in [4.78, 5) is 10.4. The van der Waals surface area contributed by atoms with Crippen LogP contribution < -0.4 is 0 Å². The summed E-state index contributed by atoms with van der Waals surface area (Å²) in [6.45, 7) is 0. The fourth-order valence-corrected chi connectivity index (χ4v) is 10.0. The number of fused-ring (bicyclic) bond motifs is 10. The van der Waals surface area contributed by atoms with Crippen molar-refractivity contribution in [3.8, 4) is 62.5 Å². The SMILES string of the molecule is N#Cc1c(-c2ccccc2)nc(-c2ccc(-n3c4ccccc4c4cc(-c5ccccc5)c5c(c6ccccc6n5-c5ccccc5)c43)c3c2oc2ccccc23)nc1-c1ccccc1. The van der Waals surface area contributed by atoms with Crippen molar-refractivity contribution in [2.75, 3.05) is 0 Å². The molecule has 6 heteroatoms. The van der Waals surface area contributed by atoms with E-state index in [4.69, 9.17) is 14.4 Å². The van der Waals surface area contributed by atoms with E-state index >= 15 is 0 Å². The molecule has 0 amide bonds. The van der Waals surface area contributed by atoms with Gasteiger partial charge >= 0.3 is 0 Å². The van der Waals surface area contributed by atoms with Gasteiger partial charge in [-0.3, -0.25) is 0 Å². The van der Waals surface area contributed by atoms with Gasteiger partial charge < -0.3 is 13.6 Å². The van der Waals surface area contributed by atoms with E-state index in [0.717, 1.165) is 99.2 Å². The van der Waals surface area contributed by atoms with E-state index < -0.39 is 0 Å². The minimum absolute atomic E-state index is 0.419. The highest BCUT2D eigenvalue weighted by Crippen LogP contribution is 2.48. The predicted molar refractivity (Wildman–Crippen MR) is 264 cm³/mol. The molecule has 0 spiro atoms. The molecular weight excluding hydrogens is 795 g/mol. The van der Waals surface area contributed by atoms with Gasteiger partial charge in [0.15, 0.2) is 5.82 Å². The summed E-state index contributed by atoms with van der Waals surface area (Å²) in [7, 11) is 0. The Morgan fingerprint density at radius 1 is 0.431 bits per heavy atom. The van der Waals surface area contributed by atoms with E-state index in [-0.39, 0.29) is 0 Å². The fraction of sp³-hybridized carbons (Fsp3) is 0. The van der Waals surface area contributed by atoms with Crippen molar-refractivity contribution in [2.45, 2.75) is 0 Å². The molecule has 6 nitrogen and oxygen atoms in total. The highest BCUT2D eigenvalue weighted by molar-refractivity contribution is 6.30. The molecule has 13 aromatic rings. The Kier molecular flexibility index (Phi) is 8.17. The van der Waals surface area contributed by atoms with E-state index in [9.17, 15) is 5.26 Å². The first-order valence-corrected chi connectivity index (χ1v) is 21.7. The first kappa shape index (κ1) is 36.6. The third-order valence-corrected chi connectivity index (χ3v) is 12.8. The average molecular weight is 830 g/mol. The lowest BCUT2D eigenvalue weighted by atomic mass is 9.98. The molecule has 0 N–H and O–H groups in total. The molecule has 0 aliphatic carbocycles. The van der Waals surface area contributed by atoms with Crippen molar-refractivity contribution in [3.05, 3.63) is 218 Å². The maximum atomic E-state index is 10.7. The number of benzene rings is 9. The molecule has 0 saturated carbocycles. The van der Waals surface area contributed by atoms with E-state index in [1.165, 1.54) is 0 Å². The van der Waals surface area contributed by atoms with Crippen LogP contribution in [0.2, 0.25) is 0 Å². The molecule has 9 aromatic carbocycles. The topological polar surface area (TPSA) is 72.6 Å². The summed E-state index contributed by atoms with van der Waals surface area (Å²) in [5, 5.41) is 17.3. The molecule has 302 valence electrons. The number of para-hydroxylation sites is 4. The minimum Gasteiger partial charge on any atom is -0.455 e. The van der Waals surface area contributed by atoms with E-state index in [2.05, 4.69) is 155 Å². The highest BCUT2D eigenvalue weighted by atomic mass is 16.3. The van der Waals surface area contributed by atoms with Gasteiger partial charge in [0.2, 0.25) is 0 Å². The fourth-order valence-electron chi connectivity index (χ4n) is 10.0. The minimum atomic E-state index is 0.419. The van der Waals surface area contributed by atoms with Crippen molar-refractivity contribution < 1.29 is 4.42 Å². The van der Waals surface area contributed by atoms with Crippen LogP contribution in [0.15, 0.2) is 217 Å². The zero-order valence-electron chi connectivity index (χ0n) is 34.9. The number of nitrogens with zero attached hydrogens (tertiary/aromatic N) is 5. The molecule has 13 rings (SSSR count). The standard InChI is InChI=1S/C59H35N5O/c60-36-47-54(38-21-7-2-8-22-38)61-59(62-55(47)39-23-9-3-10-24-39)44-33-34-50(52-43-29-15-18-32-51(43)65-58(44)52)64-48-30-16-13-27-41(48)46-35-45(37-19-5-1-6-20-37)56-53(57(46)64)42-28-14-17-31-49(42)63(56)40-25-11-4-12-26-40/h1-35H. The molecule has 4 heterocycles. The molecule has 0 aliphatic heterocycles. The van der Waals surface area contributed by atoms with Crippen LogP contribution in [0.3, 0.4) is 0 Å². The molecule has 0 atom stereocenters. The lowest BCUT2D eigenvalue weighted by Gasteiger charge is -2.16. The molecule has 65 heavy (non-hydrogen) atoms. The number of furan rings is 1. The maximum Gasteiger partial charge on any atom is 0.164 e. The second-order valence-electron chi connectivity index (χ2n) is 16.3. The Hall–Kier alpha value is -9.05. The summed E-state index contributed by atoms with van der Waals surface area (Å²) in [6, 6.07) is 76.1. The Balaban J connectivity index is 1.18. The molecule has 4 aromatic heterocycles. The Bertz CT molecular complexity index is 3990. The van der Waals surface area contributed by atoms with E-state index in [1.54, 1.807) is 0 Å². The van der Waals surface area contributed by atoms with Crippen LogP contribution in [0.4, 0.5) is 0 Å². The molecule has 0 bridgehead atoms. The summed E-state index contributed by atoms with van der Waals surface area (Å²) < 4.78 is 11.9. The van der Waals surface area contributed by atoms with Crippen LogP contribution in [0.5, 0.6) is 0 Å². The first-order valence-electron chi connectivity index (χ1n) is 21.7. The van der Waals surface area contributed by atoms with Gasteiger partial charge in [0.1, 0.15) is 22.8 Å². The normalized spacial score (nSPS) is 11.7. The number of rotatable bonds is 6. The molecular formula is C59H35N5O. The largest absolute Gasteiger partial charge is 0.455 e. The maximum absolute atomic E-state index is 10.7. The summed E-state index contributed by atoms with van der Waals surface area (Å²) in [5.41, 5.74) is 14.2. The summed E-state index contributed by atoms with van der Waals surface area (Å²) >= 11 is 0. The number of hydrogen-bond acceptors (Lipinski definition) is 4. The van der Waals surface area contributed by atoms with Gasteiger partial charge in [-0.1, -0.05) is 164 Å². The van der Waals surface area contributed by atoms with Crippen LogP contribution in [0, 0.1) is 11.3 Å². The number of nitriles is 1. The molecule has 0 unspecified atom stereocenters. The van der Waals surface area contributed by atoms with Crippen molar-refractivity contribution in [2.24, 2.45) is 0 Å². The smallest absolute Gasteiger partial charge is 0.164 e. The van der Waals surface area contributed by atoms with Gasteiger partial charge in [-0.15, -0.1) is 0 Å². The molecule has 0 fully saturated rings. The van der Waals surface area contributed by atoms with E-state index in [1.807, 2.05) is 72.8 Å². The van der Waals surface area contributed by atoms with Crippen LogP contribution in [0.1, 0.15) is 5.56 Å². The van der Waals surface area contributed by atoms with Gasteiger partial charge in [0, 0.05) is 49.3 Å². The van der Waals surface area contributed by atoms with Crippen LogP contribution in [0.25, 0.3) is 122 Å². The second-order valence-corrected chi connectivity index (χ2v) is 16.3. The Labute approximate surface area is 373 Å². The second kappa shape index (κ2) is 14.5. The molecule has 0 aliphatic rings. The zero-order valence-corrected chi connectivity index (χ0v) is 34.9. The van der Waals surface area contributed by atoms with Crippen molar-refractivity contribution >= 4 is 65.6 Å². The monoisotopic (exact) mass is 829 g/mol. The third kappa shape index (κ3) is 5.53. The van der Waals surface area contributed by atoms with Crippen LogP contribution >= 0.6 is 0 Å². The van der Waals surface area contributed by atoms with Crippen molar-refractivity contribution in [3.63, 3.8) is 0 Å². The van der Waals surface area contributed by atoms with Gasteiger partial charge in [0.25, 0.3) is 0 Å². The van der Waals surface area contributed by atoms with Crippen LogP contribution in [-0.2, 0) is 0 Å². The lowest BCUT2D eigenvalue weighted by molar-refractivity contribution is 0.669. The van der Waals surface area contributed by atoms with Crippen molar-refractivity contribution in [1.29, 1.82) is 5.26 Å². The first-order chi connectivity index (χ1) is 32.2. The number of aromatic nitrogens is 4. The average Bonchev–Trinajstić information content (AvgIpc) is 4.05. The quantitative estimate of drug-likeness (QED) is 0.167. The molecule has 0 radical (unpaired) electrons. The lowest BCUT2D eigenvalue weighted by Crippen LogP contribution is -2.02. The van der Waals surface area contributed by atoms with Gasteiger partial charge in [-0.25, -0.2) is 9.97 Å². The van der Waals surface area contributed by atoms with Gasteiger partial charge in [-0.2, -0.15) is 5.26 Å². The third-order valence-electron chi connectivity index (χ3n) is 12.8. The Morgan fingerprint density at radius 2 is 0.969 bits per heavy atom. The summed E-state index contributed by atoms with van der Waals surface area (Å²) in [5.74, 6) is 0.473. The summed E-state index contributed by atoms with van der Waals surface area (Å²) in [6.07, 6.45) is 0. The highest BCUT2D eigenvalue weighted by Gasteiger charge is 2.28. The van der Waals surface area contributed by atoms with Gasteiger partial charge in [-0.05, 0) is 54.1 Å². The van der Waals surface area contributed by atoms with E-state index in [0.29, 0.717) is 28.4 Å². The zero-order chi connectivity index (χ0) is 43.0. The number of hydrogen-bond donors (Lipinski definition) is 0. The van der Waals surface area contributed by atoms with Crippen molar-refractivity contribution in [1.82, 2.24) is 19.1 Å². The predicted octanol–water partition coefficient (Wildman–Crippen LogP) is 15.1. The van der Waals surface area contributed by atoms with Crippen LogP contribution in [-0.4, -0.2) is 19.1 Å². The molecule has 0 saturated heterocycles.